The molecule has 29 heavy (non-hydrogen) atoms. The average Bonchev–Trinajstić information content (AvgIpc) is 3.51. The van der Waals surface area contributed by atoms with Crippen molar-refractivity contribution in [1.29, 1.82) is 0 Å². The van der Waals surface area contributed by atoms with Gasteiger partial charge in [-0.3, -0.25) is 4.79 Å². The molecule has 0 amide bonds. The molecule has 1 aromatic carbocycles. The fraction of sp³-hybridized carbons (Fsp3) is 0.450. The molecule has 2 aliphatic rings. The maximum Gasteiger partial charge on any atom is 0.205 e. The molecule has 2 heterocycles. The number of benzene rings is 1. The quantitative estimate of drug-likeness (QED) is 0.515. The number of nitrogens with one attached hydrogen (secondary N) is 1. The molecule has 2 unspecified atom stereocenters. The predicted molar refractivity (Wildman–Crippen MR) is 102 cm³/mol. The Kier molecular flexibility index (Phi) is 5.18. The van der Waals surface area contributed by atoms with Crippen molar-refractivity contribution in [3.05, 3.63) is 46.9 Å². The molecule has 1 saturated heterocycles. The minimum atomic E-state index is -1.29. The minimum Gasteiger partial charge on any atom is -0.496 e. The highest BCUT2D eigenvalue weighted by Gasteiger charge is 2.45. The zero-order valence-electron chi connectivity index (χ0n) is 16.0. The van der Waals surface area contributed by atoms with Crippen molar-refractivity contribution in [2.24, 2.45) is 11.7 Å². The Morgan fingerprint density at radius 2 is 1.97 bits per heavy atom. The summed E-state index contributed by atoms with van der Waals surface area (Å²) in [6, 6.07) is 2.60. The van der Waals surface area contributed by atoms with Crippen LogP contribution in [0.3, 0.4) is 0 Å². The molecular weight excluding hydrogens is 380 g/mol. The van der Waals surface area contributed by atoms with Gasteiger partial charge in [-0.2, -0.15) is 0 Å². The van der Waals surface area contributed by atoms with Crippen LogP contribution in [0.1, 0.15) is 53.5 Å². The summed E-state index contributed by atoms with van der Waals surface area (Å²) in [7, 11) is 1.27. The molecule has 2 fully saturated rings. The van der Waals surface area contributed by atoms with E-state index < -0.39 is 23.0 Å². The second kappa shape index (κ2) is 7.64. The van der Waals surface area contributed by atoms with Crippen LogP contribution in [-0.2, 0) is 0 Å². The fourth-order valence-electron chi connectivity index (χ4n) is 4.08. The van der Waals surface area contributed by atoms with Gasteiger partial charge in [0.15, 0.2) is 11.6 Å². The number of nitrogens with two attached hydrogens (primary N) is 2. The van der Waals surface area contributed by atoms with Gasteiger partial charge in [-0.15, -0.1) is 0 Å². The van der Waals surface area contributed by atoms with E-state index in [2.05, 4.69) is 15.3 Å². The summed E-state index contributed by atoms with van der Waals surface area (Å²) in [5.41, 5.74) is 11.3. The number of carbonyl (C=O) groups is 1. The van der Waals surface area contributed by atoms with E-state index in [4.69, 9.17) is 16.2 Å². The molecule has 5 N–H and O–H groups in total. The van der Waals surface area contributed by atoms with Crippen molar-refractivity contribution in [2.45, 2.75) is 43.8 Å². The molecule has 1 aliphatic carbocycles. The highest BCUT2D eigenvalue weighted by molar-refractivity contribution is 6.13. The Morgan fingerprint density at radius 1 is 1.24 bits per heavy atom. The fourth-order valence-corrected chi connectivity index (χ4v) is 4.08. The topological polar surface area (TPSA) is 126 Å². The van der Waals surface area contributed by atoms with E-state index in [0.29, 0.717) is 11.7 Å². The van der Waals surface area contributed by atoms with Crippen molar-refractivity contribution >= 4 is 11.6 Å². The van der Waals surface area contributed by atoms with Crippen LogP contribution >= 0.6 is 0 Å². The number of rotatable bonds is 5. The number of carbonyl (C=O) groups excluding carboxylic acids is 1. The van der Waals surface area contributed by atoms with E-state index >= 15 is 0 Å². The summed E-state index contributed by atoms with van der Waals surface area (Å²) in [6.07, 6.45) is 5.39. The summed E-state index contributed by atoms with van der Waals surface area (Å²) in [4.78, 5) is 21.3. The van der Waals surface area contributed by atoms with Gasteiger partial charge in [-0.1, -0.05) is 0 Å². The van der Waals surface area contributed by atoms with Gasteiger partial charge >= 0.3 is 0 Å². The van der Waals surface area contributed by atoms with Crippen molar-refractivity contribution < 1.29 is 18.3 Å². The van der Waals surface area contributed by atoms with Crippen LogP contribution in [0.4, 0.5) is 14.6 Å². The Hall–Kier alpha value is -2.65. The van der Waals surface area contributed by atoms with Gasteiger partial charge < -0.3 is 21.5 Å². The molecule has 1 aliphatic heterocycles. The maximum absolute atomic E-state index is 14.2. The standard InChI is InChI=1S/C20H23F2N5O2/c1-29-13-7-6-12(21)15(22)14(13)18(28)11-8-25-20(27-19(11)24)17-16(26-17)9-2-4-10(23)5-3-9/h6-10,16-17,26H,2-5,23H2,1H3,(H2,24,25,27). The molecule has 0 spiro atoms. The number of nitrogens with zero attached hydrogens (tertiary/aromatic N) is 2. The van der Waals surface area contributed by atoms with Crippen LogP contribution in [-0.4, -0.2) is 34.9 Å². The van der Waals surface area contributed by atoms with Crippen LogP contribution in [0.15, 0.2) is 18.3 Å². The highest BCUT2D eigenvalue weighted by Crippen LogP contribution is 2.40. The lowest BCUT2D eigenvalue weighted by Crippen LogP contribution is -2.29. The number of ketones is 1. The Labute approximate surface area is 166 Å². The molecule has 0 radical (unpaired) electrons. The Balaban J connectivity index is 1.55. The second-order valence-electron chi connectivity index (χ2n) is 7.64. The average molecular weight is 403 g/mol. The molecule has 4 rings (SSSR count). The monoisotopic (exact) mass is 403 g/mol. The number of aromatic nitrogens is 2. The van der Waals surface area contributed by atoms with Crippen molar-refractivity contribution in [2.75, 3.05) is 12.8 Å². The first-order valence-electron chi connectivity index (χ1n) is 9.61. The summed E-state index contributed by atoms with van der Waals surface area (Å²) < 4.78 is 32.9. The molecule has 9 heteroatoms. The molecule has 154 valence electrons. The van der Waals surface area contributed by atoms with E-state index in [9.17, 15) is 13.6 Å². The van der Waals surface area contributed by atoms with Gasteiger partial charge in [-0.05, 0) is 43.7 Å². The number of ether oxygens (including phenoxy) is 1. The van der Waals surface area contributed by atoms with Gasteiger partial charge in [0.25, 0.3) is 0 Å². The zero-order chi connectivity index (χ0) is 20.7. The van der Waals surface area contributed by atoms with Gasteiger partial charge in [-0.25, -0.2) is 18.7 Å². The van der Waals surface area contributed by atoms with Crippen molar-refractivity contribution in [1.82, 2.24) is 15.3 Å². The number of hydrogen-bond acceptors (Lipinski definition) is 7. The molecule has 2 aromatic rings. The molecule has 2 atom stereocenters. The normalized spacial score (nSPS) is 26.2. The van der Waals surface area contributed by atoms with Crippen LogP contribution in [0, 0.1) is 17.6 Å². The minimum absolute atomic E-state index is 0.0266. The SMILES string of the molecule is COc1ccc(F)c(F)c1C(=O)c1cnc(C2NC2C2CCC(N)CC2)nc1N. The van der Waals surface area contributed by atoms with E-state index in [1.807, 2.05) is 0 Å². The van der Waals surface area contributed by atoms with Crippen molar-refractivity contribution in [3.8, 4) is 5.75 Å². The summed E-state index contributed by atoms with van der Waals surface area (Å²) in [5, 5.41) is 3.38. The van der Waals surface area contributed by atoms with Gasteiger partial charge in [0.2, 0.25) is 5.78 Å². The number of halogens is 2. The van der Waals surface area contributed by atoms with Gasteiger partial charge in [0.05, 0.1) is 18.7 Å². The number of nitrogen functional groups attached to an aromatic ring is 1. The van der Waals surface area contributed by atoms with E-state index in [-0.39, 0.29) is 35.3 Å². The number of anilines is 1. The largest absolute Gasteiger partial charge is 0.496 e. The molecule has 0 bridgehead atoms. The Morgan fingerprint density at radius 3 is 2.62 bits per heavy atom. The third kappa shape index (κ3) is 3.67. The zero-order valence-corrected chi connectivity index (χ0v) is 16.0. The Bertz CT molecular complexity index is 947. The van der Waals surface area contributed by atoms with Gasteiger partial charge in [0, 0.05) is 18.3 Å². The lowest BCUT2D eigenvalue weighted by atomic mass is 9.83. The molecule has 1 aromatic heterocycles. The lowest BCUT2D eigenvalue weighted by molar-refractivity contribution is 0.103. The smallest absolute Gasteiger partial charge is 0.205 e. The van der Waals surface area contributed by atoms with Crippen LogP contribution < -0.4 is 21.5 Å². The first kappa shape index (κ1) is 19.7. The summed E-state index contributed by atoms with van der Waals surface area (Å²) >= 11 is 0. The van der Waals surface area contributed by atoms with E-state index in [0.717, 1.165) is 31.7 Å². The number of methoxy groups -OCH3 is 1. The van der Waals surface area contributed by atoms with E-state index in [1.54, 1.807) is 0 Å². The van der Waals surface area contributed by atoms with Crippen LogP contribution in [0.25, 0.3) is 0 Å². The number of hydrogen-bond donors (Lipinski definition) is 3. The molecular formula is C20H23F2N5O2. The molecule has 7 nitrogen and oxygen atoms in total. The maximum atomic E-state index is 14.2. The molecule has 1 saturated carbocycles. The summed E-state index contributed by atoms with van der Waals surface area (Å²) in [6.45, 7) is 0. The highest BCUT2D eigenvalue weighted by atomic mass is 19.2. The van der Waals surface area contributed by atoms with Gasteiger partial charge in [0.1, 0.15) is 23.0 Å². The first-order valence-corrected chi connectivity index (χ1v) is 9.61. The van der Waals surface area contributed by atoms with Crippen molar-refractivity contribution in [3.63, 3.8) is 0 Å². The predicted octanol–water partition coefficient (Wildman–Crippen LogP) is 2.11. The van der Waals surface area contributed by atoms with E-state index in [1.165, 1.54) is 19.4 Å². The third-order valence-electron chi connectivity index (χ3n) is 5.81. The van der Waals surface area contributed by atoms with Crippen LogP contribution in [0.2, 0.25) is 0 Å². The summed E-state index contributed by atoms with van der Waals surface area (Å²) in [5.74, 6) is -2.44. The third-order valence-corrected chi connectivity index (χ3v) is 5.81. The first-order chi connectivity index (χ1) is 13.9. The lowest BCUT2D eigenvalue weighted by Gasteiger charge is -2.25. The second-order valence-corrected chi connectivity index (χ2v) is 7.64. The van der Waals surface area contributed by atoms with Crippen LogP contribution in [0.5, 0.6) is 5.75 Å².